The SMILES string of the molecule is CCC(CC(CC(C)C(=O)OC12CC3CC(CC(O)(C3)C1)C2)C(=O)OC1CCOC1=O)C(=O)CC1(C)C2CC3CC(C2)CC1C3. The van der Waals surface area contributed by atoms with Crippen molar-refractivity contribution in [2.75, 3.05) is 6.61 Å². The third-order valence-electron chi connectivity index (χ3n) is 13.9. The largest absolute Gasteiger partial charge is 0.463 e. The van der Waals surface area contributed by atoms with Crippen molar-refractivity contribution in [1.82, 2.24) is 0 Å². The summed E-state index contributed by atoms with van der Waals surface area (Å²) >= 11 is 0. The first-order chi connectivity index (χ1) is 21.4. The van der Waals surface area contributed by atoms with Crippen LogP contribution in [0.5, 0.6) is 0 Å². The van der Waals surface area contributed by atoms with E-state index < -0.39 is 41.1 Å². The summed E-state index contributed by atoms with van der Waals surface area (Å²) in [5.74, 6) is 0.877. The molecule has 250 valence electrons. The molecular weight excluding hydrogens is 572 g/mol. The second kappa shape index (κ2) is 11.6. The van der Waals surface area contributed by atoms with Gasteiger partial charge >= 0.3 is 17.9 Å². The molecular formula is C37H54O8. The summed E-state index contributed by atoms with van der Waals surface area (Å²) in [7, 11) is 0. The third-order valence-corrected chi connectivity index (χ3v) is 13.9. The van der Waals surface area contributed by atoms with Crippen LogP contribution in [0.4, 0.5) is 0 Å². The van der Waals surface area contributed by atoms with Crippen LogP contribution in [0.3, 0.4) is 0 Å². The van der Waals surface area contributed by atoms with Gasteiger partial charge in [-0.2, -0.15) is 0 Å². The van der Waals surface area contributed by atoms with Crippen LogP contribution in [0, 0.1) is 58.7 Å². The van der Waals surface area contributed by atoms with Crippen LogP contribution in [0.25, 0.3) is 0 Å². The van der Waals surface area contributed by atoms with Gasteiger partial charge in [0.1, 0.15) is 11.4 Å². The monoisotopic (exact) mass is 626 g/mol. The van der Waals surface area contributed by atoms with Gasteiger partial charge in [-0.15, -0.1) is 0 Å². The van der Waals surface area contributed by atoms with E-state index >= 15 is 0 Å². The van der Waals surface area contributed by atoms with Gasteiger partial charge in [0.05, 0.1) is 24.0 Å². The Morgan fingerprint density at radius 2 is 1.51 bits per heavy atom. The first-order valence-corrected chi connectivity index (χ1v) is 18.2. The Kier molecular flexibility index (Phi) is 8.17. The quantitative estimate of drug-likeness (QED) is 0.209. The lowest BCUT2D eigenvalue weighted by atomic mass is 9.45. The van der Waals surface area contributed by atoms with Gasteiger partial charge in [0.25, 0.3) is 0 Å². The Hall–Kier alpha value is -1.96. The molecule has 0 spiro atoms. The smallest absolute Gasteiger partial charge is 0.347 e. The van der Waals surface area contributed by atoms with Crippen molar-refractivity contribution in [3.63, 3.8) is 0 Å². The highest BCUT2D eigenvalue weighted by atomic mass is 16.6. The van der Waals surface area contributed by atoms with E-state index in [-0.39, 0.29) is 36.1 Å². The van der Waals surface area contributed by atoms with Gasteiger partial charge in [-0.1, -0.05) is 20.8 Å². The fourth-order valence-electron chi connectivity index (χ4n) is 12.1. The lowest BCUT2D eigenvalue weighted by Crippen LogP contribution is -2.60. The standard InChI is InChI=1S/C37H54O8/c1-4-26(30(38)19-35(3)28-10-22-8-23(12-28)13-29(35)11-22)14-27(33(40)44-31-5-6-43-34(31)41)7-21(2)32(39)45-37-17-24-9-25(18-37)16-36(42,15-24)20-37/h21-29,31,42H,4-20H2,1-3H3. The average molecular weight is 627 g/mol. The minimum Gasteiger partial charge on any atom is -0.463 e. The summed E-state index contributed by atoms with van der Waals surface area (Å²) in [4.78, 5) is 53.5. The molecule has 1 saturated heterocycles. The molecule has 0 aromatic rings. The van der Waals surface area contributed by atoms with Gasteiger partial charge in [0, 0.05) is 25.2 Å². The highest BCUT2D eigenvalue weighted by molar-refractivity contribution is 5.84. The zero-order valence-electron chi connectivity index (χ0n) is 27.6. The molecule has 6 unspecified atom stereocenters. The van der Waals surface area contributed by atoms with Crippen LogP contribution < -0.4 is 0 Å². The van der Waals surface area contributed by atoms with Crippen molar-refractivity contribution in [2.24, 2.45) is 58.7 Å². The third kappa shape index (κ3) is 5.99. The summed E-state index contributed by atoms with van der Waals surface area (Å²) in [5.41, 5.74) is -1.33. The van der Waals surface area contributed by atoms with Crippen molar-refractivity contribution in [3.05, 3.63) is 0 Å². The number of rotatable bonds is 12. The predicted molar refractivity (Wildman–Crippen MR) is 164 cm³/mol. The Morgan fingerprint density at radius 3 is 2.07 bits per heavy atom. The molecule has 8 nitrogen and oxygen atoms in total. The number of ether oxygens (including phenoxy) is 3. The highest BCUT2D eigenvalue weighted by Crippen LogP contribution is 2.64. The topological polar surface area (TPSA) is 116 Å². The van der Waals surface area contributed by atoms with Crippen LogP contribution in [0.2, 0.25) is 0 Å². The summed E-state index contributed by atoms with van der Waals surface area (Å²) in [5, 5.41) is 11.2. The van der Waals surface area contributed by atoms with E-state index in [1.54, 1.807) is 6.92 Å². The van der Waals surface area contributed by atoms with Gasteiger partial charge in [-0.3, -0.25) is 14.4 Å². The Balaban J connectivity index is 1.03. The van der Waals surface area contributed by atoms with E-state index in [0.717, 1.165) is 43.9 Å². The lowest BCUT2D eigenvalue weighted by molar-refractivity contribution is -0.222. The molecule has 8 heteroatoms. The first-order valence-electron chi connectivity index (χ1n) is 18.2. The zero-order chi connectivity index (χ0) is 31.7. The van der Waals surface area contributed by atoms with Crippen LogP contribution in [0.15, 0.2) is 0 Å². The lowest BCUT2D eigenvalue weighted by Gasteiger charge is -2.60. The van der Waals surface area contributed by atoms with Crippen LogP contribution in [-0.4, -0.2) is 52.7 Å². The molecule has 45 heavy (non-hydrogen) atoms. The molecule has 8 bridgehead atoms. The molecule has 1 aliphatic heterocycles. The molecule has 8 saturated carbocycles. The fraction of sp³-hybridized carbons (Fsp3) is 0.892. The van der Waals surface area contributed by atoms with E-state index in [9.17, 15) is 24.3 Å². The molecule has 0 aromatic carbocycles. The Morgan fingerprint density at radius 1 is 0.889 bits per heavy atom. The van der Waals surface area contributed by atoms with Crippen LogP contribution in [0.1, 0.15) is 124 Å². The Labute approximate surface area is 268 Å². The molecule has 0 aromatic heterocycles. The zero-order valence-corrected chi connectivity index (χ0v) is 27.6. The number of hydrogen-bond donors (Lipinski definition) is 1. The second-order valence-corrected chi connectivity index (χ2v) is 17.3. The summed E-state index contributed by atoms with van der Waals surface area (Å²) in [6.45, 7) is 6.37. The number of hydrogen-bond acceptors (Lipinski definition) is 8. The van der Waals surface area contributed by atoms with E-state index in [4.69, 9.17) is 14.2 Å². The van der Waals surface area contributed by atoms with E-state index in [0.29, 0.717) is 55.8 Å². The predicted octanol–water partition coefficient (Wildman–Crippen LogP) is 5.95. The number of carbonyl (C=O) groups is 4. The number of Topliss-reactive ketones (excluding diaryl/α,β-unsaturated/α-hetero) is 1. The van der Waals surface area contributed by atoms with Gasteiger partial charge in [0.2, 0.25) is 6.10 Å². The van der Waals surface area contributed by atoms with Crippen molar-refractivity contribution in [3.8, 4) is 0 Å². The van der Waals surface area contributed by atoms with Gasteiger partial charge in [-0.05, 0) is 124 Å². The number of ketones is 1. The molecule has 8 aliphatic carbocycles. The van der Waals surface area contributed by atoms with Crippen molar-refractivity contribution in [1.29, 1.82) is 0 Å². The molecule has 9 fully saturated rings. The number of cyclic esters (lactones) is 1. The van der Waals surface area contributed by atoms with Crippen LogP contribution >= 0.6 is 0 Å². The minimum absolute atomic E-state index is 0.0283. The van der Waals surface area contributed by atoms with Crippen molar-refractivity contribution < 1.29 is 38.5 Å². The molecule has 6 atom stereocenters. The Bertz CT molecular complexity index is 1160. The van der Waals surface area contributed by atoms with Gasteiger partial charge < -0.3 is 19.3 Å². The number of esters is 3. The fourth-order valence-corrected chi connectivity index (χ4v) is 12.1. The van der Waals surface area contributed by atoms with Gasteiger partial charge in [-0.25, -0.2) is 4.79 Å². The first kappa shape index (κ1) is 31.6. The molecule has 1 heterocycles. The summed E-state index contributed by atoms with van der Waals surface area (Å²) in [6.07, 6.45) is 12.2. The maximum absolute atomic E-state index is 14.1. The number of carbonyl (C=O) groups excluding carboxylic acids is 4. The molecule has 1 N–H and O–H groups in total. The minimum atomic E-state index is -0.933. The molecule has 0 amide bonds. The maximum atomic E-state index is 14.1. The van der Waals surface area contributed by atoms with Crippen molar-refractivity contribution >= 4 is 23.7 Å². The second-order valence-electron chi connectivity index (χ2n) is 17.3. The molecule has 0 radical (unpaired) electrons. The van der Waals surface area contributed by atoms with Crippen LogP contribution in [-0.2, 0) is 33.4 Å². The van der Waals surface area contributed by atoms with E-state index in [1.165, 1.54) is 32.1 Å². The summed E-state index contributed by atoms with van der Waals surface area (Å²) < 4.78 is 17.0. The molecule has 9 rings (SSSR count). The highest BCUT2D eigenvalue weighted by Gasteiger charge is 2.59. The van der Waals surface area contributed by atoms with Gasteiger partial charge in [0.15, 0.2) is 0 Å². The number of aliphatic hydroxyl groups is 1. The van der Waals surface area contributed by atoms with E-state index in [1.807, 2.05) is 6.92 Å². The van der Waals surface area contributed by atoms with E-state index in [2.05, 4.69) is 6.92 Å². The van der Waals surface area contributed by atoms with Crippen molar-refractivity contribution in [2.45, 2.75) is 141 Å². The maximum Gasteiger partial charge on any atom is 0.347 e. The summed E-state index contributed by atoms with van der Waals surface area (Å²) in [6, 6.07) is 0. The normalized spacial score (nSPS) is 44.4. The average Bonchev–Trinajstić information content (AvgIpc) is 3.35. The molecule has 9 aliphatic rings.